The minimum Gasteiger partial charge on any atom is -0.505 e. The summed E-state index contributed by atoms with van der Waals surface area (Å²) in [6.45, 7) is 0. The number of hydrogen-bond acceptors (Lipinski definition) is 4. The number of hydrogen-bond donors (Lipinski definition) is 3. The van der Waals surface area contributed by atoms with Gasteiger partial charge in [-0.1, -0.05) is 11.6 Å². The number of carboxylic acids is 1. The van der Waals surface area contributed by atoms with Crippen molar-refractivity contribution >= 4 is 17.6 Å². The Morgan fingerprint density at radius 3 is 2.76 bits per heavy atom. The first-order valence-corrected chi connectivity index (χ1v) is 4.98. The molecule has 0 saturated carbocycles. The third kappa shape index (κ3) is 2.78. The fourth-order valence-electron chi connectivity index (χ4n) is 1.31. The number of aliphatic carboxylic acids is 1. The number of ether oxygens (including phenoxy) is 1. The maximum Gasteiger partial charge on any atom is 0.320 e. The van der Waals surface area contributed by atoms with Gasteiger partial charge >= 0.3 is 5.97 Å². The molecule has 1 rings (SSSR count). The van der Waals surface area contributed by atoms with Crippen LogP contribution >= 0.6 is 11.6 Å². The van der Waals surface area contributed by atoms with Crippen LogP contribution in [0.1, 0.15) is 5.56 Å². The Morgan fingerprint density at radius 1 is 1.71 bits per heavy atom. The molecule has 0 heterocycles. The van der Waals surface area contributed by atoms with E-state index in [1.54, 1.807) is 0 Å². The lowest BCUT2D eigenvalue weighted by Gasteiger charge is -2.12. The second-order valence-corrected chi connectivity index (χ2v) is 3.77. The third-order valence-electron chi connectivity index (χ3n) is 2.19. The van der Waals surface area contributed by atoms with E-state index >= 15 is 0 Å². The Labute approximate surface area is 102 Å². The van der Waals surface area contributed by atoms with Crippen LogP contribution in [-0.2, 0) is 11.2 Å². The number of phenolic OH excluding ortho intramolecular Hbond substituents is 1. The molecule has 0 bridgehead atoms. The lowest BCUT2D eigenvalue weighted by molar-refractivity contribution is -0.138. The highest BCUT2D eigenvalue weighted by Gasteiger charge is 2.21. The van der Waals surface area contributed by atoms with Crippen LogP contribution in [0.5, 0.6) is 11.5 Å². The van der Waals surface area contributed by atoms with Crippen LogP contribution < -0.4 is 10.5 Å². The van der Waals surface area contributed by atoms with Gasteiger partial charge in [-0.3, -0.25) is 4.79 Å². The molecule has 1 atom stereocenters. The molecule has 4 N–H and O–H groups in total. The predicted octanol–water partition coefficient (Wildman–Crippen LogP) is 1.15. The zero-order valence-electron chi connectivity index (χ0n) is 8.91. The second kappa shape index (κ2) is 5.20. The lowest BCUT2D eigenvalue weighted by atomic mass is 10.0. The largest absolute Gasteiger partial charge is 0.505 e. The zero-order valence-corrected chi connectivity index (χ0v) is 9.66. The molecule has 0 fully saturated rings. The molecule has 0 aliphatic rings. The van der Waals surface area contributed by atoms with Gasteiger partial charge in [-0.05, 0) is 6.07 Å². The van der Waals surface area contributed by atoms with Crippen molar-refractivity contribution in [1.82, 2.24) is 0 Å². The summed E-state index contributed by atoms with van der Waals surface area (Å²) in [6.07, 6.45) is -0.234. The van der Waals surface area contributed by atoms with Crippen molar-refractivity contribution in [3.8, 4) is 11.5 Å². The van der Waals surface area contributed by atoms with Crippen LogP contribution in [0.3, 0.4) is 0 Å². The molecule has 5 nitrogen and oxygen atoms in total. The summed E-state index contributed by atoms with van der Waals surface area (Å²) in [5.41, 5.74) is 5.30. The number of aromatic hydroxyl groups is 1. The molecule has 0 aliphatic heterocycles. The van der Waals surface area contributed by atoms with Gasteiger partial charge < -0.3 is 20.7 Å². The minimum absolute atomic E-state index is 0.0169. The van der Waals surface area contributed by atoms with Crippen LogP contribution in [0.15, 0.2) is 6.07 Å². The van der Waals surface area contributed by atoms with Crippen molar-refractivity contribution < 1.29 is 24.1 Å². The normalized spacial score (nSPS) is 12.2. The maximum absolute atomic E-state index is 13.5. The molecule has 1 aromatic carbocycles. The van der Waals surface area contributed by atoms with Gasteiger partial charge in [0.2, 0.25) is 5.82 Å². The summed E-state index contributed by atoms with van der Waals surface area (Å²) in [5, 5.41) is 18.1. The van der Waals surface area contributed by atoms with E-state index in [2.05, 4.69) is 4.74 Å². The summed E-state index contributed by atoms with van der Waals surface area (Å²) in [6, 6.07) is -0.0218. The van der Waals surface area contributed by atoms with E-state index in [0.29, 0.717) is 0 Å². The van der Waals surface area contributed by atoms with E-state index in [1.807, 2.05) is 0 Å². The van der Waals surface area contributed by atoms with Gasteiger partial charge in [-0.15, -0.1) is 0 Å². The summed E-state index contributed by atoms with van der Waals surface area (Å²) in [7, 11) is 1.20. The molecular formula is C10H11ClFNO4. The van der Waals surface area contributed by atoms with Gasteiger partial charge in [0, 0.05) is 12.0 Å². The van der Waals surface area contributed by atoms with Crippen LogP contribution in [0.25, 0.3) is 0 Å². The van der Waals surface area contributed by atoms with E-state index in [9.17, 15) is 14.3 Å². The number of methoxy groups -OCH3 is 1. The number of carboxylic acid groups (broad SMARTS) is 1. The number of rotatable bonds is 4. The third-order valence-corrected chi connectivity index (χ3v) is 2.47. The number of phenols is 1. The predicted molar refractivity (Wildman–Crippen MR) is 58.9 cm³/mol. The maximum atomic E-state index is 13.5. The Kier molecular flexibility index (Phi) is 4.14. The average molecular weight is 264 g/mol. The van der Waals surface area contributed by atoms with Gasteiger partial charge in [0.05, 0.1) is 12.1 Å². The monoisotopic (exact) mass is 263 g/mol. The van der Waals surface area contributed by atoms with Gasteiger partial charge in [0.1, 0.15) is 6.04 Å². The van der Waals surface area contributed by atoms with Crippen molar-refractivity contribution in [3.63, 3.8) is 0 Å². The average Bonchev–Trinajstić information content (AvgIpc) is 2.26. The second-order valence-electron chi connectivity index (χ2n) is 3.36. The van der Waals surface area contributed by atoms with Crippen molar-refractivity contribution in [2.75, 3.05) is 7.11 Å². The van der Waals surface area contributed by atoms with Gasteiger partial charge in [0.15, 0.2) is 11.5 Å². The first-order valence-electron chi connectivity index (χ1n) is 4.60. The van der Waals surface area contributed by atoms with E-state index < -0.39 is 23.6 Å². The number of benzene rings is 1. The van der Waals surface area contributed by atoms with Gasteiger partial charge in [-0.25, -0.2) is 0 Å². The molecule has 7 heteroatoms. The SMILES string of the molecule is COc1c(Cl)cc(CC(N)C(=O)O)c(O)c1F. The summed E-state index contributed by atoms with van der Waals surface area (Å²) < 4.78 is 18.2. The molecule has 1 unspecified atom stereocenters. The van der Waals surface area contributed by atoms with E-state index in [0.717, 1.165) is 0 Å². The molecule has 0 spiro atoms. The smallest absolute Gasteiger partial charge is 0.320 e. The molecule has 94 valence electrons. The van der Waals surface area contributed by atoms with Crippen LogP contribution in [0, 0.1) is 5.82 Å². The summed E-state index contributed by atoms with van der Waals surface area (Å²) in [4.78, 5) is 10.5. The number of halogens is 2. The number of carbonyl (C=O) groups is 1. The summed E-state index contributed by atoms with van der Waals surface area (Å²) in [5.74, 6) is -3.29. The standard InChI is InChI=1S/C10H11ClFNO4/c1-17-9-5(11)2-4(8(14)7(9)12)3-6(13)10(15)16/h2,6,14H,3,13H2,1H3,(H,15,16). The van der Waals surface area contributed by atoms with E-state index in [-0.39, 0.29) is 22.8 Å². The van der Waals surface area contributed by atoms with Crippen molar-refractivity contribution in [3.05, 3.63) is 22.5 Å². The Balaban J connectivity index is 3.15. The van der Waals surface area contributed by atoms with Crippen molar-refractivity contribution in [2.24, 2.45) is 5.73 Å². The first kappa shape index (κ1) is 13.5. The van der Waals surface area contributed by atoms with Crippen LogP contribution in [0.4, 0.5) is 4.39 Å². The zero-order chi connectivity index (χ0) is 13.2. The molecule has 0 amide bonds. The molecule has 0 aromatic heterocycles. The highest BCUT2D eigenvalue weighted by Crippen LogP contribution is 2.36. The Hall–Kier alpha value is -1.53. The highest BCUT2D eigenvalue weighted by molar-refractivity contribution is 6.32. The van der Waals surface area contributed by atoms with Gasteiger partial charge in [0.25, 0.3) is 0 Å². The summed E-state index contributed by atoms with van der Waals surface area (Å²) >= 11 is 5.71. The topological polar surface area (TPSA) is 92.8 Å². The molecule has 0 radical (unpaired) electrons. The molecule has 1 aromatic rings. The first-order chi connectivity index (χ1) is 7.88. The van der Waals surface area contributed by atoms with E-state index in [1.165, 1.54) is 13.2 Å². The fraction of sp³-hybridized carbons (Fsp3) is 0.300. The lowest BCUT2D eigenvalue weighted by Crippen LogP contribution is -2.32. The minimum atomic E-state index is -1.25. The molecule has 17 heavy (non-hydrogen) atoms. The molecule has 0 saturated heterocycles. The fourth-order valence-corrected chi connectivity index (χ4v) is 1.60. The molecular weight excluding hydrogens is 253 g/mol. The Bertz CT molecular complexity index is 452. The van der Waals surface area contributed by atoms with Crippen LogP contribution in [0.2, 0.25) is 5.02 Å². The number of nitrogens with two attached hydrogens (primary N) is 1. The van der Waals surface area contributed by atoms with E-state index in [4.69, 9.17) is 22.4 Å². The van der Waals surface area contributed by atoms with Crippen molar-refractivity contribution in [2.45, 2.75) is 12.5 Å². The van der Waals surface area contributed by atoms with Crippen LogP contribution in [-0.4, -0.2) is 29.3 Å². The Morgan fingerprint density at radius 2 is 2.29 bits per heavy atom. The highest BCUT2D eigenvalue weighted by atomic mass is 35.5. The van der Waals surface area contributed by atoms with Gasteiger partial charge in [-0.2, -0.15) is 4.39 Å². The molecule has 0 aliphatic carbocycles. The quantitative estimate of drug-likeness (QED) is 0.758. The van der Waals surface area contributed by atoms with Crippen molar-refractivity contribution in [1.29, 1.82) is 0 Å².